The number of hydrogen-bond acceptors (Lipinski definition) is 4. The minimum atomic E-state index is -0.360. The van der Waals surface area contributed by atoms with Gasteiger partial charge in [0.15, 0.2) is 0 Å². The maximum atomic E-state index is 13.0. The molecule has 27 heavy (non-hydrogen) atoms. The molecule has 4 aromatic rings. The van der Waals surface area contributed by atoms with Gasteiger partial charge in [-0.1, -0.05) is 23.2 Å². The summed E-state index contributed by atoms with van der Waals surface area (Å²) in [5.74, 6) is 0.261. The van der Waals surface area contributed by atoms with Gasteiger partial charge in [0.05, 0.1) is 28.4 Å². The van der Waals surface area contributed by atoms with Gasteiger partial charge >= 0.3 is 0 Å². The van der Waals surface area contributed by atoms with Crippen LogP contribution in [0.1, 0.15) is 10.4 Å². The SMILES string of the molecule is COc1ccc(C(=O)Nc2c(Cl)cncc2Cl)c2c1[nH]c1ccc(N)cc12. The van der Waals surface area contributed by atoms with Crippen LogP contribution >= 0.6 is 23.2 Å². The van der Waals surface area contributed by atoms with E-state index < -0.39 is 0 Å². The molecule has 0 bridgehead atoms. The number of amides is 1. The third-order valence-corrected chi connectivity index (χ3v) is 4.87. The van der Waals surface area contributed by atoms with E-state index in [1.165, 1.54) is 12.4 Å². The highest BCUT2D eigenvalue weighted by molar-refractivity contribution is 6.40. The summed E-state index contributed by atoms with van der Waals surface area (Å²) in [6.45, 7) is 0. The van der Waals surface area contributed by atoms with Crippen LogP contribution in [0.4, 0.5) is 11.4 Å². The van der Waals surface area contributed by atoms with Crippen LogP contribution < -0.4 is 15.8 Å². The number of nitrogens with one attached hydrogen (secondary N) is 2. The van der Waals surface area contributed by atoms with Gasteiger partial charge in [-0.05, 0) is 30.3 Å². The molecule has 0 unspecified atom stereocenters. The van der Waals surface area contributed by atoms with Crippen LogP contribution in [0, 0.1) is 0 Å². The van der Waals surface area contributed by atoms with Crippen molar-refractivity contribution in [2.75, 3.05) is 18.2 Å². The summed E-state index contributed by atoms with van der Waals surface area (Å²) in [5.41, 5.74) is 8.84. The highest BCUT2D eigenvalue weighted by Crippen LogP contribution is 2.36. The number of methoxy groups -OCH3 is 1. The summed E-state index contributed by atoms with van der Waals surface area (Å²) >= 11 is 12.2. The van der Waals surface area contributed by atoms with Gasteiger partial charge in [-0.3, -0.25) is 9.78 Å². The molecule has 0 radical (unpaired) electrons. The fraction of sp³-hybridized carbons (Fsp3) is 0.0526. The number of aromatic nitrogens is 2. The third-order valence-electron chi connectivity index (χ3n) is 4.30. The van der Waals surface area contributed by atoms with Gasteiger partial charge in [-0.25, -0.2) is 0 Å². The van der Waals surface area contributed by atoms with Crippen LogP contribution in [0.25, 0.3) is 21.8 Å². The second-order valence-corrected chi connectivity index (χ2v) is 6.74. The smallest absolute Gasteiger partial charge is 0.256 e. The van der Waals surface area contributed by atoms with Crippen molar-refractivity contribution in [3.63, 3.8) is 0 Å². The first-order chi connectivity index (χ1) is 13.0. The van der Waals surface area contributed by atoms with E-state index in [0.717, 1.165) is 10.9 Å². The Hall–Kier alpha value is -2.96. The van der Waals surface area contributed by atoms with Crippen molar-refractivity contribution in [1.82, 2.24) is 9.97 Å². The quantitative estimate of drug-likeness (QED) is 0.427. The van der Waals surface area contributed by atoms with Crippen LogP contribution in [0.5, 0.6) is 5.75 Å². The predicted molar refractivity (Wildman–Crippen MR) is 109 cm³/mol. The first-order valence-electron chi connectivity index (χ1n) is 7.98. The van der Waals surface area contributed by atoms with Gasteiger partial charge in [0.2, 0.25) is 0 Å². The number of rotatable bonds is 3. The Labute approximate surface area is 164 Å². The maximum absolute atomic E-state index is 13.0. The molecule has 4 N–H and O–H groups in total. The van der Waals surface area contributed by atoms with Crippen LogP contribution in [0.15, 0.2) is 42.7 Å². The maximum Gasteiger partial charge on any atom is 0.256 e. The van der Waals surface area contributed by atoms with Crippen molar-refractivity contribution in [1.29, 1.82) is 0 Å². The molecule has 0 aliphatic rings. The molecule has 2 aromatic carbocycles. The molecule has 0 aliphatic heterocycles. The van der Waals surface area contributed by atoms with E-state index in [9.17, 15) is 4.79 Å². The second kappa shape index (κ2) is 6.64. The number of halogens is 2. The van der Waals surface area contributed by atoms with E-state index in [1.54, 1.807) is 25.3 Å². The molecule has 0 spiro atoms. The number of benzene rings is 2. The van der Waals surface area contributed by atoms with Gasteiger partial charge in [-0.2, -0.15) is 0 Å². The van der Waals surface area contributed by atoms with Crippen molar-refractivity contribution in [2.45, 2.75) is 0 Å². The van der Waals surface area contributed by atoms with Crippen molar-refractivity contribution in [3.8, 4) is 5.75 Å². The number of ether oxygens (including phenoxy) is 1. The zero-order valence-electron chi connectivity index (χ0n) is 14.1. The molecule has 0 fully saturated rings. The lowest BCUT2D eigenvalue weighted by Crippen LogP contribution is -2.13. The van der Waals surface area contributed by atoms with Crippen LogP contribution in [-0.4, -0.2) is 23.0 Å². The Balaban J connectivity index is 1.92. The third kappa shape index (κ3) is 2.93. The van der Waals surface area contributed by atoms with Crippen molar-refractivity contribution < 1.29 is 9.53 Å². The monoisotopic (exact) mass is 400 g/mol. The Morgan fingerprint density at radius 3 is 2.63 bits per heavy atom. The molecule has 0 saturated carbocycles. The van der Waals surface area contributed by atoms with E-state index in [1.807, 2.05) is 12.1 Å². The Bertz CT molecular complexity index is 1180. The fourth-order valence-electron chi connectivity index (χ4n) is 3.07. The van der Waals surface area contributed by atoms with Gasteiger partial charge in [0.25, 0.3) is 5.91 Å². The lowest BCUT2D eigenvalue weighted by molar-refractivity contribution is 0.102. The lowest BCUT2D eigenvalue weighted by Gasteiger charge is -2.11. The molecule has 0 aliphatic carbocycles. The number of hydrogen-bond donors (Lipinski definition) is 3. The van der Waals surface area contributed by atoms with Crippen LogP contribution in [0.2, 0.25) is 10.0 Å². The van der Waals surface area contributed by atoms with Gasteiger partial charge in [0, 0.05) is 39.9 Å². The van der Waals surface area contributed by atoms with E-state index >= 15 is 0 Å². The molecule has 2 heterocycles. The molecule has 8 heteroatoms. The molecule has 0 atom stereocenters. The Kier molecular flexibility index (Phi) is 4.30. The van der Waals surface area contributed by atoms with Crippen molar-refractivity contribution in [3.05, 3.63) is 58.3 Å². The highest BCUT2D eigenvalue weighted by Gasteiger charge is 2.19. The topological polar surface area (TPSA) is 93.0 Å². The summed E-state index contributed by atoms with van der Waals surface area (Å²) in [4.78, 5) is 20.2. The number of pyridine rings is 1. The molecule has 1 amide bonds. The second-order valence-electron chi connectivity index (χ2n) is 5.93. The number of carbonyl (C=O) groups excluding carboxylic acids is 1. The number of anilines is 2. The summed E-state index contributed by atoms with van der Waals surface area (Å²) in [6.07, 6.45) is 2.83. The molecule has 6 nitrogen and oxygen atoms in total. The standard InChI is InChI=1S/C19H14Cl2N4O2/c1-27-15-5-3-10(19(26)25-17-12(20)7-23-8-13(17)21)16-11-6-9(22)2-4-14(11)24-18(15)16/h2-8,24H,22H2,1H3,(H,23,25,26). The van der Waals surface area contributed by atoms with Crippen LogP contribution in [0.3, 0.4) is 0 Å². The largest absolute Gasteiger partial charge is 0.495 e. The van der Waals surface area contributed by atoms with Gasteiger partial charge < -0.3 is 20.8 Å². The summed E-state index contributed by atoms with van der Waals surface area (Å²) in [6, 6.07) is 8.89. The van der Waals surface area contributed by atoms with Crippen molar-refractivity contribution >= 4 is 62.3 Å². The summed E-state index contributed by atoms with van der Waals surface area (Å²) < 4.78 is 5.43. The minimum Gasteiger partial charge on any atom is -0.495 e. The first-order valence-corrected chi connectivity index (χ1v) is 8.73. The van der Waals surface area contributed by atoms with E-state index in [4.69, 9.17) is 33.7 Å². The number of nitrogen functional groups attached to an aromatic ring is 1. The molecule has 0 saturated heterocycles. The molecular formula is C19H14Cl2N4O2. The Morgan fingerprint density at radius 2 is 1.93 bits per heavy atom. The first kappa shape index (κ1) is 17.5. The molecule has 2 aromatic heterocycles. The number of carbonyl (C=O) groups is 1. The van der Waals surface area contributed by atoms with Crippen LogP contribution in [-0.2, 0) is 0 Å². The number of aromatic amines is 1. The number of nitrogens with two attached hydrogens (primary N) is 1. The van der Waals surface area contributed by atoms with E-state index in [-0.39, 0.29) is 16.0 Å². The number of nitrogens with zero attached hydrogens (tertiary/aromatic N) is 1. The molecule has 136 valence electrons. The van der Waals surface area contributed by atoms with E-state index in [2.05, 4.69) is 15.3 Å². The van der Waals surface area contributed by atoms with Gasteiger partial charge in [0.1, 0.15) is 5.75 Å². The van der Waals surface area contributed by atoms with Crippen molar-refractivity contribution in [2.24, 2.45) is 0 Å². The highest BCUT2D eigenvalue weighted by atomic mass is 35.5. The average molecular weight is 401 g/mol. The normalized spacial score (nSPS) is 11.1. The molecular weight excluding hydrogens is 387 g/mol. The Morgan fingerprint density at radius 1 is 1.19 bits per heavy atom. The molecule has 4 rings (SSSR count). The average Bonchev–Trinajstić information content (AvgIpc) is 3.02. The predicted octanol–water partition coefficient (Wildman–Crippen LogP) is 4.87. The summed E-state index contributed by atoms with van der Waals surface area (Å²) in [7, 11) is 1.57. The summed E-state index contributed by atoms with van der Waals surface area (Å²) in [5, 5.41) is 4.80. The zero-order chi connectivity index (χ0) is 19.1. The van der Waals surface area contributed by atoms with Gasteiger partial charge in [-0.15, -0.1) is 0 Å². The zero-order valence-corrected chi connectivity index (χ0v) is 15.7. The minimum absolute atomic E-state index is 0.253. The number of fused-ring (bicyclic) bond motifs is 3. The van der Waals surface area contributed by atoms with E-state index in [0.29, 0.717) is 33.6 Å². The fourth-order valence-corrected chi connectivity index (χ4v) is 3.53. The number of H-pyrrole nitrogens is 1. The lowest BCUT2D eigenvalue weighted by atomic mass is 10.0.